The molecule has 9 nitrogen and oxygen atoms in total. The first kappa shape index (κ1) is 29.6. The van der Waals surface area contributed by atoms with Gasteiger partial charge in [-0.05, 0) is 67.4 Å². The van der Waals surface area contributed by atoms with Crippen LogP contribution in [0.4, 0.5) is 0 Å². The first-order valence-corrected chi connectivity index (χ1v) is 15.3. The van der Waals surface area contributed by atoms with Crippen molar-refractivity contribution in [2.75, 3.05) is 53.4 Å². The van der Waals surface area contributed by atoms with Crippen LogP contribution in [0, 0.1) is 0 Å². The number of piperazine rings is 1. The number of benzene rings is 3. The van der Waals surface area contributed by atoms with E-state index in [4.69, 9.17) is 4.74 Å². The molecule has 3 aromatic carbocycles. The summed E-state index contributed by atoms with van der Waals surface area (Å²) in [5.74, 6) is 0.344. The molecule has 42 heavy (non-hydrogen) atoms. The van der Waals surface area contributed by atoms with Crippen molar-refractivity contribution in [1.29, 1.82) is 0 Å². The van der Waals surface area contributed by atoms with E-state index in [-0.39, 0.29) is 18.2 Å². The molecule has 6 rings (SSSR count). The summed E-state index contributed by atoms with van der Waals surface area (Å²) in [6.45, 7) is 4.16. The molecule has 0 unspecified atom stereocenters. The van der Waals surface area contributed by atoms with Crippen LogP contribution in [0.3, 0.4) is 0 Å². The molecular weight excluding hydrogens is 550 g/mol. The number of carbonyl (C=O) groups excluding carboxylic acids is 1. The average molecular weight is 588 g/mol. The van der Waals surface area contributed by atoms with Crippen molar-refractivity contribution >= 4 is 26.8 Å². The second-order valence-electron chi connectivity index (χ2n) is 10.6. The molecule has 220 valence electrons. The summed E-state index contributed by atoms with van der Waals surface area (Å²) in [4.78, 5) is 26.6. The highest BCUT2D eigenvalue weighted by atomic mass is 32.2. The number of likely N-dealkylation sites (N-methyl/N-ethyl adjacent to an activating group) is 1. The van der Waals surface area contributed by atoms with E-state index in [2.05, 4.69) is 21.9 Å². The number of amides is 1. The number of aromatic nitrogens is 2. The lowest BCUT2D eigenvalue weighted by Gasteiger charge is -2.32. The maximum absolute atomic E-state index is 13.5. The monoisotopic (exact) mass is 587 g/mol. The summed E-state index contributed by atoms with van der Waals surface area (Å²) in [7, 11) is -0.134. The Morgan fingerprint density at radius 3 is 2.29 bits per heavy atom. The molecule has 0 N–H and O–H groups in total. The largest absolute Gasteiger partial charge is 0.495 e. The normalized spacial score (nSPS) is 16.4. The minimum absolute atomic E-state index is 0. The Balaban J connectivity index is 0.00000353. The highest BCUT2D eigenvalue weighted by Gasteiger charge is 2.30. The van der Waals surface area contributed by atoms with Crippen LogP contribution in [0.25, 0.3) is 33.3 Å². The minimum atomic E-state index is -3.69. The van der Waals surface area contributed by atoms with Crippen LogP contribution in [-0.4, -0.2) is 91.8 Å². The smallest absolute Gasteiger partial charge is 0.253 e. The van der Waals surface area contributed by atoms with Crippen LogP contribution in [0.5, 0.6) is 5.75 Å². The third-order valence-corrected chi connectivity index (χ3v) is 9.91. The Hall–Kier alpha value is -3.86. The quantitative estimate of drug-likeness (QED) is 0.320. The molecule has 0 atom stereocenters. The fourth-order valence-electron chi connectivity index (χ4n) is 5.58. The van der Waals surface area contributed by atoms with Gasteiger partial charge in [-0.3, -0.25) is 4.79 Å². The van der Waals surface area contributed by atoms with Gasteiger partial charge in [-0.2, -0.15) is 4.31 Å². The van der Waals surface area contributed by atoms with Crippen molar-refractivity contribution in [3.63, 3.8) is 0 Å². The third kappa shape index (κ3) is 5.62. The second-order valence-corrected chi connectivity index (χ2v) is 12.5. The summed E-state index contributed by atoms with van der Waals surface area (Å²) < 4.78 is 33.9. The van der Waals surface area contributed by atoms with Crippen molar-refractivity contribution in [3.05, 3.63) is 72.6 Å². The molecule has 2 aliphatic heterocycles. The lowest BCUT2D eigenvalue weighted by molar-refractivity contribution is 0.0664. The fraction of sp³-hybridized carbons (Fsp3) is 0.344. The molecule has 10 heteroatoms. The average Bonchev–Trinajstić information content (AvgIpc) is 3.57. The molecule has 0 bridgehead atoms. The van der Waals surface area contributed by atoms with Crippen molar-refractivity contribution < 1.29 is 17.9 Å². The molecule has 0 radical (unpaired) electrons. The zero-order valence-electron chi connectivity index (χ0n) is 23.3. The maximum atomic E-state index is 13.5. The lowest BCUT2D eigenvalue weighted by Crippen LogP contribution is -2.47. The van der Waals surface area contributed by atoms with Crippen molar-refractivity contribution in [2.45, 2.75) is 25.2 Å². The summed E-state index contributed by atoms with van der Waals surface area (Å²) in [6, 6.07) is 18.6. The van der Waals surface area contributed by atoms with E-state index in [9.17, 15) is 13.2 Å². The molecule has 0 aliphatic carbocycles. The highest BCUT2D eigenvalue weighted by Crippen LogP contribution is 2.35. The number of methoxy groups -OCH3 is 1. The number of carbonyl (C=O) groups is 1. The Morgan fingerprint density at radius 1 is 0.833 bits per heavy atom. The van der Waals surface area contributed by atoms with E-state index in [0.717, 1.165) is 53.5 Å². The minimum Gasteiger partial charge on any atom is -0.495 e. The van der Waals surface area contributed by atoms with E-state index < -0.39 is 10.0 Å². The fourth-order valence-corrected chi connectivity index (χ4v) is 7.28. The summed E-state index contributed by atoms with van der Waals surface area (Å²) >= 11 is 0. The van der Waals surface area contributed by atoms with Crippen molar-refractivity contribution in [3.8, 4) is 28.1 Å². The topological polar surface area (TPSA) is 95.9 Å². The molecule has 2 aliphatic rings. The van der Waals surface area contributed by atoms with Gasteiger partial charge >= 0.3 is 0 Å². The second kappa shape index (κ2) is 12.2. The van der Waals surface area contributed by atoms with E-state index in [1.165, 1.54) is 17.7 Å². The van der Waals surface area contributed by atoms with Crippen LogP contribution in [0.15, 0.2) is 71.9 Å². The number of sulfonamides is 1. The first-order chi connectivity index (χ1) is 19.8. The molecule has 2 fully saturated rings. The molecule has 1 aromatic heterocycles. The van der Waals surface area contributed by atoms with Gasteiger partial charge in [0.2, 0.25) is 10.0 Å². The van der Waals surface area contributed by atoms with E-state index >= 15 is 0 Å². The number of hydrogen-bond acceptors (Lipinski definition) is 7. The molecule has 1 amide bonds. The Bertz CT molecular complexity index is 1710. The number of hydrogen-bond donors (Lipinski definition) is 0. The SMILES string of the molecule is C.COc1ccc(-c2ccc3ncnc(-c4cccc(C(=O)N5CCN(C)CC5)c4)c3c2)cc1S(=O)(=O)N1CCCC1. The van der Waals surface area contributed by atoms with Gasteiger partial charge in [0.1, 0.15) is 17.0 Å². The Kier molecular flexibility index (Phi) is 8.58. The number of fused-ring (bicyclic) bond motifs is 1. The summed E-state index contributed by atoms with van der Waals surface area (Å²) in [6.07, 6.45) is 3.24. The highest BCUT2D eigenvalue weighted by molar-refractivity contribution is 7.89. The first-order valence-electron chi connectivity index (χ1n) is 13.9. The van der Waals surface area contributed by atoms with Crippen LogP contribution in [0.1, 0.15) is 30.6 Å². The predicted octanol–water partition coefficient (Wildman–Crippen LogP) is 4.78. The van der Waals surface area contributed by atoms with Gasteiger partial charge in [-0.25, -0.2) is 18.4 Å². The zero-order valence-corrected chi connectivity index (χ0v) is 24.1. The summed E-state index contributed by atoms with van der Waals surface area (Å²) in [5, 5.41) is 0.814. The van der Waals surface area contributed by atoms with Crippen molar-refractivity contribution in [2.24, 2.45) is 0 Å². The van der Waals surface area contributed by atoms with Gasteiger partial charge in [0, 0.05) is 55.8 Å². The lowest BCUT2D eigenvalue weighted by atomic mass is 9.99. The number of rotatable bonds is 6. The van der Waals surface area contributed by atoms with Gasteiger partial charge in [0.15, 0.2) is 0 Å². The molecular formula is C32H37N5O4S. The number of ether oxygens (including phenoxy) is 1. The van der Waals surface area contributed by atoms with Gasteiger partial charge < -0.3 is 14.5 Å². The van der Waals surface area contributed by atoms with Crippen LogP contribution in [-0.2, 0) is 10.0 Å². The molecule has 0 saturated carbocycles. The number of nitrogens with zero attached hydrogens (tertiary/aromatic N) is 5. The van der Waals surface area contributed by atoms with E-state index in [1.807, 2.05) is 53.4 Å². The van der Waals surface area contributed by atoms with Crippen LogP contribution >= 0.6 is 0 Å². The standard InChI is InChI=1S/C31H33N5O4S.CH4/c1-34-14-16-35(17-15-34)31(37)25-7-5-6-24(18-25)30-26-19-22(8-10-27(26)32-21-33-30)23-9-11-28(40-2)29(20-23)41(38,39)36-12-3-4-13-36;/h5-11,18-21H,3-4,12-17H2,1-2H3;1H4. The molecule has 3 heterocycles. The van der Waals surface area contributed by atoms with Crippen LogP contribution in [0.2, 0.25) is 0 Å². The molecule has 2 saturated heterocycles. The van der Waals surface area contributed by atoms with Crippen molar-refractivity contribution in [1.82, 2.24) is 24.1 Å². The molecule has 4 aromatic rings. The predicted molar refractivity (Wildman–Crippen MR) is 165 cm³/mol. The van der Waals surface area contributed by atoms with E-state index in [1.54, 1.807) is 12.1 Å². The van der Waals surface area contributed by atoms with Gasteiger partial charge in [0.05, 0.1) is 18.3 Å². The molecule has 0 spiro atoms. The van der Waals surface area contributed by atoms with Gasteiger partial charge in [-0.15, -0.1) is 0 Å². The van der Waals surface area contributed by atoms with E-state index in [0.29, 0.717) is 43.2 Å². The zero-order chi connectivity index (χ0) is 28.6. The van der Waals surface area contributed by atoms with Crippen LogP contribution < -0.4 is 4.74 Å². The maximum Gasteiger partial charge on any atom is 0.253 e. The van der Waals surface area contributed by atoms with Gasteiger partial charge in [0.25, 0.3) is 5.91 Å². The Morgan fingerprint density at radius 2 is 1.55 bits per heavy atom. The third-order valence-electron chi connectivity index (χ3n) is 7.99. The van der Waals surface area contributed by atoms with Gasteiger partial charge in [-0.1, -0.05) is 31.7 Å². The Labute approximate surface area is 247 Å². The summed E-state index contributed by atoms with van der Waals surface area (Å²) in [5.41, 5.74) is 4.50.